The molecule has 160 valence electrons. The predicted octanol–water partition coefficient (Wildman–Crippen LogP) is 2.93. The summed E-state index contributed by atoms with van der Waals surface area (Å²) in [6.07, 6.45) is -2.18. The molecule has 0 spiro atoms. The summed E-state index contributed by atoms with van der Waals surface area (Å²) in [6, 6.07) is 2.40. The number of nitrogens with one attached hydrogen (secondary N) is 1. The van der Waals surface area contributed by atoms with Crippen LogP contribution in [0.25, 0.3) is 5.82 Å². The first-order valence-electron chi connectivity index (χ1n) is 8.59. The average molecular weight is 434 g/mol. The fourth-order valence-electron chi connectivity index (χ4n) is 2.37. The van der Waals surface area contributed by atoms with E-state index in [1.165, 1.54) is 12.1 Å². The lowest BCUT2D eigenvalue weighted by Crippen LogP contribution is -2.17. The van der Waals surface area contributed by atoms with Crippen LogP contribution in [0.4, 0.5) is 19.0 Å². The first-order valence-corrected chi connectivity index (χ1v) is 10.5. The zero-order chi connectivity index (χ0) is 22.0. The minimum atomic E-state index is -4.92. The van der Waals surface area contributed by atoms with Gasteiger partial charge in [0.05, 0.1) is 12.0 Å². The number of esters is 1. The molecule has 29 heavy (non-hydrogen) atoms. The van der Waals surface area contributed by atoms with Gasteiger partial charge in [-0.25, -0.2) is 18.2 Å². The summed E-state index contributed by atoms with van der Waals surface area (Å²) in [5.74, 6) is -1.43. The molecule has 2 heterocycles. The number of rotatable bonds is 7. The molecule has 8 nitrogen and oxygen atoms in total. The normalized spacial score (nSPS) is 13.2. The number of sulfone groups is 1. The molecule has 0 aliphatic heterocycles. The number of carbonyl (C=O) groups excluding carboxylic acids is 1. The Balaban J connectivity index is 2.69. The summed E-state index contributed by atoms with van der Waals surface area (Å²) in [6.45, 7) is 4.07. The van der Waals surface area contributed by atoms with Crippen molar-refractivity contribution in [2.75, 3.05) is 25.2 Å². The van der Waals surface area contributed by atoms with Crippen LogP contribution in [0.2, 0.25) is 0 Å². The minimum Gasteiger partial charge on any atom is -0.465 e. The number of hydrogen-bond acceptors (Lipinski definition) is 7. The zero-order valence-electron chi connectivity index (χ0n) is 16.2. The van der Waals surface area contributed by atoms with E-state index in [0.29, 0.717) is 0 Å². The van der Waals surface area contributed by atoms with Gasteiger partial charge in [0, 0.05) is 19.0 Å². The first kappa shape index (κ1) is 22.7. The van der Waals surface area contributed by atoms with Crippen molar-refractivity contribution in [2.45, 2.75) is 31.3 Å². The Hall–Kier alpha value is -2.63. The van der Waals surface area contributed by atoms with E-state index in [0.717, 1.165) is 30.7 Å². The van der Waals surface area contributed by atoms with Crippen LogP contribution in [0.3, 0.4) is 0 Å². The number of ether oxygens (including phenoxy) is 1. The van der Waals surface area contributed by atoms with Gasteiger partial charge in [0.2, 0.25) is 0 Å². The van der Waals surface area contributed by atoms with E-state index in [2.05, 4.69) is 20.1 Å². The molecule has 2 aromatic rings. The van der Waals surface area contributed by atoms with Crippen LogP contribution in [0.15, 0.2) is 23.2 Å². The average Bonchev–Trinajstić information content (AvgIpc) is 3.04. The van der Waals surface area contributed by atoms with E-state index in [1.807, 2.05) is 13.8 Å². The third kappa shape index (κ3) is 5.05. The molecular weight excluding hydrogens is 413 g/mol. The van der Waals surface area contributed by atoms with Gasteiger partial charge in [-0.05, 0) is 18.1 Å². The summed E-state index contributed by atoms with van der Waals surface area (Å²) >= 11 is 0. The quantitative estimate of drug-likeness (QED) is 0.669. The Kier molecular flexibility index (Phi) is 6.56. The van der Waals surface area contributed by atoms with Crippen molar-refractivity contribution < 1.29 is 31.1 Å². The van der Waals surface area contributed by atoms with E-state index in [1.54, 1.807) is 0 Å². The Morgan fingerprint density at radius 1 is 1.34 bits per heavy atom. The lowest BCUT2D eigenvalue weighted by molar-refractivity contribution is -0.141. The molecule has 2 aromatic heterocycles. The molecule has 12 heteroatoms. The smallest absolute Gasteiger partial charge is 0.436 e. The lowest BCUT2D eigenvalue weighted by Gasteiger charge is -2.14. The van der Waals surface area contributed by atoms with Crippen molar-refractivity contribution in [3.63, 3.8) is 0 Å². The molecule has 1 unspecified atom stereocenters. The van der Waals surface area contributed by atoms with E-state index in [-0.39, 0.29) is 29.0 Å². The van der Waals surface area contributed by atoms with Gasteiger partial charge in [0.15, 0.2) is 21.3 Å². The summed E-state index contributed by atoms with van der Waals surface area (Å²) in [5.41, 5.74) is -2.19. The lowest BCUT2D eigenvalue weighted by atomic mass is 10.1. The van der Waals surface area contributed by atoms with Gasteiger partial charge in [-0.2, -0.15) is 23.0 Å². The largest absolute Gasteiger partial charge is 0.465 e. The third-order valence-electron chi connectivity index (χ3n) is 4.22. The second-order valence-corrected chi connectivity index (χ2v) is 8.51. The van der Waals surface area contributed by atoms with Crippen molar-refractivity contribution in [3.05, 3.63) is 29.6 Å². The minimum absolute atomic E-state index is 0.0929. The molecule has 0 saturated heterocycles. The van der Waals surface area contributed by atoms with Gasteiger partial charge < -0.3 is 10.1 Å². The van der Waals surface area contributed by atoms with E-state index in [4.69, 9.17) is 0 Å². The molecule has 0 aromatic carbocycles. The first-order chi connectivity index (χ1) is 13.4. The van der Waals surface area contributed by atoms with Crippen LogP contribution in [-0.2, 0) is 20.8 Å². The van der Waals surface area contributed by atoms with Gasteiger partial charge in [0.25, 0.3) is 0 Å². The zero-order valence-corrected chi connectivity index (χ0v) is 17.1. The molecule has 0 bridgehead atoms. The van der Waals surface area contributed by atoms with Gasteiger partial charge in [-0.1, -0.05) is 20.3 Å². The molecular formula is C17H21F3N4O4S. The van der Waals surface area contributed by atoms with Crippen molar-refractivity contribution in [1.29, 1.82) is 0 Å². The highest BCUT2D eigenvalue weighted by Gasteiger charge is 2.42. The maximum absolute atomic E-state index is 13.5. The fraction of sp³-hybridized carbons (Fsp3) is 0.471. The number of halogens is 3. The van der Waals surface area contributed by atoms with E-state index >= 15 is 0 Å². The number of hydrogen-bond donors (Lipinski definition) is 1. The van der Waals surface area contributed by atoms with Gasteiger partial charge >= 0.3 is 12.1 Å². The topological polar surface area (TPSA) is 103 Å². The maximum Gasteiger partial charge on any atom is 0.436 e. The number of alkyl halides is 3. The van der Waals surface area contributed by atoms with Gasteiger partial charge in [0.1, 0.15) is 11.4 Å². The van der Waals surface area contributed by atoms with E-state index in [9.17, 15) is 26.4 Å². The van der Waals surface area contributed by atoms with E-state index < -0.39 is 33.2 Å². The Morgan fingerprint density at radius 2 is 2.00 bits per heavy atom. The number of pyridine rings is 1. The van der Waals surface area contributed by atoms with Crippen LogP contribution in [-0.4, -0.2) is 49.1 Å². The predicted molar refractivity (Wildman–Crippen MR) is 98.8 cm³/mol. The summed E-state index contributed by atoms with van der Waals surface area (Å²) in [7, 11) is -2.57. The van der Waals surface area contributed by atoms with Crippen LogP contribution < -0.4 is 5.32 Å². The third-order valence-corrected chi connectivity index (χ3v) is 5.32. The summed E-state index contributed by atoms with van der Waals surface area (Å²) in [5, 5.41) is 6.36. The van der Waals surface area contributed by atoms with Gasteiger partial charge in [-0.3, -0.25) is 0 Å². The SMILES string of the molecule is CCC(C)CNc1c(C(=O)OC)c(C(F)(F)F)nn1-c1ccc(S(C)(=O)=O)cn1. The van der Waals surface area contributed by atoms with Crippen LogP contribution in [0.1, 0.15) is 36.3 Å². The molecule has 0 saturated carbocycles. The van der Waals surface area contributed by atoms with Crippen LogP contribution in [0, 0.1) is 5.92 Å². The Bertz CT molecular complexity index is 985. The molecule has 0 fully saturated rings. The highest BCUT2D eigenvalue weighted by molar-refractivity contribution is 7.90. The fourth-order valence-corrected chi connectivity index (χ4v) is 2.93. The maximum atomic E-state index is 13.5. The molecule has 0 radical (unpaired) electrons. The molecule has 0 aliphatic rings. The van der Waals surface area contributed by atoms with Crippen LogP contribution >= 0.6 is 0 Å². The monoisotopic (exact) mass is 434 g/mol. The van der Waals surface area contributed by atoms with Crippen LogP contribution in [0.5, 0.6) is 0 Å². The number of methoxy groups -OCH3 is 1. The Labute approximate surface area is 166 Å². The number of carbonyl (C=O) groups is 1. The number of aromatic nitrogens is 3. The van der Waals surface area contributed by atoms with Crippen molar-refractivity contribution in [1.82, 2.24) is 14.8 Å². The highest BCUT2D eigenvalue weighted by Crippen LogP contribution is 2.36. The number of nitrogens with zero attached hydrogens (tertiary/aromatic N) is 3. The van der Waals surface area contributed by atoms with Gasteiger partial charge in [-0.15, -0.1) is 0 Å². The highest BCUT2D eigenvalue weighted by atomic mass is 32.2. The Morgan fingerprint density at radius 3 is 2.45 bits per heavy atom. The number of anilines is 1. The summed E-state index contributed by atoms with van der Waals surface area (Å²) < 4.78 is 69.1. The second-order valence-electron chi connectivity index (χ2n) is 6.49. The second kappa shape index (κ2) is 8.39. The molecule has 2 rings (SSSR count). The molecule has 1 N–H and O–H groups in total. The summed E-state index contributed by atoms with van der Waals surface area (Å²) in [4.78, 5) is 15.9. The van der Waals surface area contributed by atoms with Crippen molar-refractivity contribution in [2.24, 2.45) is 5.92 Å². The van der Waals surface area contributed by atoms with Crippen molar-refractivity contribution in [3.8, 4) is 5.82 Å². The van der Waals surface area contributed by atoms with Crippen molar-refractivity contribution >= 4 is 21.6 Å². The molecule has 0 aliphatic carbocycles. The molecule has 1 atom stereocenters. The standard InChI is InChI=1S/C17H21F3N4O4S/c1-5-10(2)8-22-15-13(16(25)28-3)14(17(18,19)20)23-24(15)12-7-6-11(9-21-12)29(4,26)27/h6-7,9-10,22H,5,8H2,1-4H3. The molecule has 0 amide bonds.